The number of hydrogen-bond donors (Lipinski definition) is 2. The molecule has 0 aliphatic carbocycles. The van der Waals surface area contributed by atoms with Gasteiger partial charge in [-0.3, -0.25) is 4.79 Å². The minimum absolute atomic E-state index is 0.0110. The molecule has 2 N–H and O–H groups in total. The largest absolute Gasteiger partial charge is 0.356 e. The molecular formula is C18H18N10O. The highest BCUT2D eigenvalue weighted by Gasteiger charge is 2.27. The molecule has 1 amide bonds. The summed E-state index contributed by atoms with van der Waals surface area (Å²) in [5.74, 6) is 1.26. The van der Waals surface area contributed by atoms with E-state index >= 15 is 0 Å². The Kier molecular flexibility index (Phi) is 4.31. The second-order valence-corrected chi connectivity index (χ2v) is 6.88. The number of H-pyrrole nitrogens is 1. The van der Waals surface area contributed by atoms with Crippen molar-refractivity contribution in [2.45, 2.75) is 12.8 Å². The number of aromatic amines is 1. The van der Waals surface area contributed by atoms with Crippen molar-refractivity contribution in [1.82, 2.24) is 40.1 Å². The van der Waals surface area contributed by atoms with E-state index in [9.17, 15) is 4.79 Å². The number of rotatable bonds is 4. The molecule has 0 saturated carbocycles. The van der Waals surface area contributed by atoms with Crippen LogP contribution < -0.4 is 10.2 Å². The SMILES string of the molecule is O=C(Nc1ccc2n[nH]nc2c1)C1CCCN(c2cc(-n3cncn3)ncn2)C1. The van der Waals surface area contributed by atoms with Crippen LogP contribution in [0.15, 0.2) is 43.2 Å². The number of aromatic nitrogens is 8. The van der Waals surface area contributed by atoms with Crippen molar-refractivity contribution in [3.8, 4) is 5.82 Å². The number of carbonyl (C=O) groups excluding carboxylic acids is 1. The highest BCUT2D eigenvalue weighted by molar-refractivity contribution is 5.94. The molecule has 0 spiro atoms. The van der Waals surface area contributed by atoms with Gasteiger partial charge in [0.1, 0.15) is 35.8 Å². The molecular weight excluding hydrogens is 372 g/mol. The van der Waals surface area contributed by atoms with Crippen LogP contribution in [0, 0.1) is 5.92 Å². The topological polar surface area (TPSA) is 130 Å². The first kappa shape index (κ1) is 17.2. The first-order valence-electron chi connectivity index (χ1n) is 9.30. The smallest absolute Gasteiger partial charge is 0.229 e. The molecule has 1 aliphatic heterocycles. The lowest BCUT2D eigenvalue weighted by molar-refractivity contribution is -0.120. The van der Waals surface area contributed by atoms with E-state index in [0.29, 0.717) is 18.1 Å². The molecule has 11 heteroatoms. The predicted octanol–water partition coefficient (Wildman–Crippen LogP) is 1.18. The molecule has 4 aromatic rings. The molecule has 1 atom stereocenters. The van der Waals surface area contributed by atoms with Crippen molar-refractivity contribution >= 4 is 28.4 Å². The van der Waals surface area contributed by atoms with Gasteiger partial charge in [-0.05, 0) is 31.0 Å². The van der Waals surface area contributed by atoms with Crippen molar-refractivity contribution in [2.24, 2.45) is 5.92 Å². The summed E-state index contributed by atoms with van der Waals surface area (Å²) in [4.78, 5) is 27.5. The minimum Gasteiger partial charge on any atom is -0.356 e. The molecule has 146 valence electrons. The lowest BCUT2D eigenvalue weighted by Gasteiger charge is -2.32. The normalized spacial score (nSPS) is 16.8. The zero-order valence-electron chi connectivity index (χ0n) is 15.4. The molecule has 29 heavy (non-hydrogen) atoms. The first-order valence-corrected chi connectivity index (χ1v) is 9.30. The molecule has 11 nitrogen and oxygen atoms in total. The number of nitrogens with zero attached hydrogens (tertiary/aromatic N) is 8. The van der Waals surface area contributed by atoms with Crippen LogP contribution >= 0.6 is 0 Å². The summed E-state index contributed by atoms with van der Waals surface area (Å²) in [6.45, 7) is 1.42. The van der Waals surface area contributed by atoms with Crippen molar-refractivity contribution < 1.29 is 4.79 Å². The number of hydrogen-bond acceptors (Lipinski definition) is 8. The van der Waals surface area contributed by atoms with Crippen molar-refractivity contribution in [1.29, 1.82) is 0 Å². The van der Waals surface area contributed by atoms with Gasteiger partial charge in [-0.2, -0.15) is 20.5 Å². The zero-order chi connectivity index (χ0) is 19.6. The molecule has 0 bridgehead atoms. The fourth-order valence-corrected chi connectivity index (χ4v) is 3.52. The predicted molar refractivity (Wildman–Crippen MR) is 104 cm³/mol. The Hall–Kier alpha value is -3.89. The van der Waals surface area contributed by atoms with Crippen LogP contribution in [0.1, 0.15) is 12.8 Å². The monoisotopic (exact) mass is 390 g/mol. The highest BCUT2D eigenvalue weighted by Crippen LogP contribution is 2.24. The fraction of sp³-hybridized carbons (Fsp3) is 0.278. The third kappa shape index (κ3) is 3.49. The van der Waals surface area contributed by atoms with Gasteiger partial charge in [-0.25, -0.2) is 19.6 Å². The van der Waals surface area contributed by atoms with E-state index in [1.54, 1.807) is 11.0 Å². The Morgan fingerprint density at radius 1 is 1.10 bits per heavy atom. The summed E-state index contributed by atoms with van der Waals surface area (Å²) in [7, 11) is 0. The van der Waals surface area contributed by atoms with Gasteiger partial charge < -0.3 is 10.2 Å². The zero-order valence-corrected chi connectivity index (χ0v) is 15.4. The molecule has 1 saturated heterocycles. The van der Waals surface area contributed by atoms with Crippen LogP contribution in [0.3, 0.4) is 0 Å². The summed E-state index contributed by atoms with van der Waals surface area (Å²) in [5.41, 5.74) is 2.19. The third-order valence-electron chi connectivity index (χ3n) is 4.99. The van der Waals surface area contributed by atoms with E-state index < -0.39 is 0 Å². The van der Waals surface area contributed by atoms with Crippen LogP contribution in [0.25, 0.3) is 16.9 Å². The fourth-order valence-electron chi connectivity index (χ4n) is 3.52. The molecule has 1 fully saturated rings. The Labute approximate surface area is 165 Å². The Morgan fingerprint density at radius 3 is 2.90 bits per heavy atom. The first-order chi connectivity index (χ1) is 14.3. The molecule has 5 rings (SSSR count). The van der Waals surface area contributed by atoms with Crippen LogP contribution in [0.4, 0.5) is 11.5 Å². The minimum atomic E-state index is -0.137. The summed E-state index contributed by atoms with van der Waals surface area (Å²) in [6.07, 6.45) is 6.28. The van der Waals surface area contributed by atoms with Gasteiger partial charge in [0.25, 0.3) is 0 Å². The number of nitrogens with one attached hydrogen (secondary N) is 2. The number of carbonyl (C=O) groups is 1. The maximum absolute atomic E-state index is 12.8. The number of anilines is 2. The quantitative estimate of drug-likeness (QED) is 0.531. The van der Waals surface area contributed by atoms with Gasteiger partial charge in [-0.15, -0.1) is 0 Å². The van der Waals surface area contributed by atoms with Crippen LogP contribution in [0.2, 0.25) is 0 Å². The molecule has 1 aliphatic rings. The van der Waals surface area contributed by atoms with E-state index in [4.69, 9.17) is 0 Å². The summed E-state index contributed by atoms with van der Waals surface area (Å²) in [5, 5.41) is 17.8. The number of fused-ring (bicyclic) bond motifs is 1. The van der Waals surface area contributed by atoms with Crippen LogP contribution in [0.5, 0.6) is 0 Å². The van der Waals surface area contributed by atoms with Crippen LogP contribution in [-0.2, 0) is 4.79 Å². The van der Waals surface area contributed by atoms with Gasteiger partial charge in [0, 0.05) is 24.8 Å². The van der Waals surface area contributed by atoms with Gasteiger partial charge in [0.05, 0.1) is 5.92 Å². The number of amides is 1. The van der Waals surface area contributed by atoms with Gasteiger partial charge >= 0.3 is 0 Å². The molecule has 4 heterocycles. The average molecular weight is 390 g/mol. The molecule has 1 unspecified atom stereocenters. The second kappa shape index (κ2) is 7.26. The average Bonchev–Trinajstić information content (AvgIpc) is 3.46. The maximum Gasteiger partial charge on any atom is 0.229 e. The number of piperidine rings is 1. The standard InChI is InChI=1S/C18H18N10O/c29-18(23-13-3-4-14-15(6-13)25-26-24-14)12-2-1-5-27(8-12)16-7-17(21-10-20-16)28-11-19-9-22-28/h3-4,6-7,9-12H,1-2,5,8H2,(H,23,29)(H,24,25,26). The van der Waals surface area contributed by atoms with Crippen LogP contribution in [-0.4, -0.2) is 59.1 Å². The maximum atomic E-state index is 12.8. The Balaban J connectivity index is 1.30. The van der Waals surface area contributed by atoms with Gasteiger partial charge in [0.15, 0.2) is 5.82 Å². The number of benzene rings is 1. The summed E-state index contributed by atoms with van der Waals surface area (Å²) in [6, 6.07) is 7.33. The van der Waals surface area contributed by atoms with Crippen molar-refractivity contribution in [3.63, 3.8) is 0 Å². The Bertz CT molecular complexity index is 1140. The van der Waals surface area contributed by atoms with Gasteiger partial charge in [-0.1, -0.05) is 0 Å². The summed E-state index contributed by atoms with van der Waals surface area (Å²) < 4.78 is 1.58. The second-order valence-electron chi connectivity index (χ2n) is 6.88. The van der Waals surface area contributed by atoms with E-state index in [1.165, 1.54) is 12.7 Å². The summed E-state index contributed by atoms with van der Waals surface area (Å²) >= 11 is 0. The highest BCUT2D eigenvalue weighted by atomic mass is 16.1. The third-order valence-corrected chi connectivity index (χ3v) is 4.99. The van der Waals surface area contributed by atoms with E-state index in [-0.39, 0.29) is 11.8 Å². The lowest BCUT2D eigenvalue weighted by atomic mass is 9.97. The van der Waals surface area contributed by atoms with E-state index in [2.05, 4.69) is 45.7 Å². The lowest BCUT2D eigenvalue weighted by Crippen LogP contribution is -2.41. The van der Waals surface area contributed by atoms with E-state index in [0.717, 1.165) is 36.2 Å². The van der Waals surface area contributed by atoms with E-state index in [1.807, 2.05) is 24.3 Å². The van der Waals surface area contributed by atoms with Gasteiger partial charge in [0.2, 0.25) is 5.91 Å². The molecule has 0 radical (unpaired) electrons. The van der Waals surface area contributed by atoms with Crippen molar-refractivity contribution in [3.05, 3.63) is 43.2 Å². The Morgan fingerprint density at radius 2 is 2.00 bits per heavy atom. The van der Waals surface area contributed by atoms with Crippen molar-refractivity contribution in [2.75, 3.05) is 23.3 Å². The molecule has 1 aromatic carbocycles. The molecule has 3 aromatic heterocycles.